The van der Waals surface area contributed by atoms with E-state index in [9.17, 15) is 4.21 Å². The highest BCUT2D eigenvalue weighted by Crippen LogP contribution is 2.10. The third kappa shape index (κ3) is 1.96. The summed E-state index contributed by atoms with van der Waals surface area (Å²) in [5.41, 5.74) is 3.09. The highest BCUT2D eigenvalue weighted by molar-refractivity contribution is 7.82. The second-order valence-electron chi connectivity index (χ2n) is 2.93. The van der Waals surface area contributed by atoms with E-state index in [2.05, 4.69) is 5.43 Å². The number of hydrazine groups is 1. The number of rotatable bonds is 2. The summed E-state index contributed by atoms with van der Waals surface area (Å²) >= 11 is 0. The second-order valence-corrected chi connectivity index (χ2v) is 4.34. The molecule has 0 bridgehead atoms. The number of benzene rings is 1. The fourth-order valence-electron chi connectivity index (χ4n) is 1.31. The minimum atomic E-state index is -1.04. The zero-order valence-corrected chi connectivity index (χ0v) is 8.09. The SMILES string of the molecule is O=S(c1ccccc1)N1CCCN1. The molecule has 4 heteroatoms. The van der Waals surface area contributed by atoms with Gasteiger partial charge in [0.05, 0.1) is 4.90 Å². The Bertz CT molecular complexity index is 296. The molecule has 1 aromatic rings. The lowest BCUT2D eigenvalue weighted by Gasteiger charge is -2.13. The molecule has 1 N–H and O–H groups in total. The van der Waals surface area contributed by atoms with E-state index in [1.165, 1.54) is 0 Å². The van der Waals surface area contributed by atoms with Crippen molar-refractivity contribution in [1.82, 2.24) is 9.84 Å². The van der Waals surface area contributed by atoms with E-state index in [0.717, 1.165) is 24.4 Å². The van der Waals surface area contributed by atoms with Crippen molar-refractivity contribution < 1.29 is 4.21 Å². The Labute approximate surface area is 80.3 Å². The van der Waals surface area contributed by atoms with Crippen molar-refractivity contribution in [3.8, 4) is 0 Å². The molecule has 1 aliphatic rings. The van der Waals surface area contributed by atoms with Gasteiger partial charge in [0.15, 0.2) is 0 Å². The minimum Gasteiger partial charge on any atom is -0.243 e. The molecule has 0 spiro atoms. The van der Waals surface area contributed by atoms with Crippen LogP contribution in [0, 0.1) is 0 Å². The first-order valence-electron chi connectivity index (χ1n) is 4.36. The van der Waals surface area contributed by atoms with Gasteiger partial charge in [-0.1, -0.05) is 18.2 Å². The smallest absolute Gasteiger partial charge is 0.141 e. The summed E-state index contributed by atoms with van der Waals surface area (Å²) in [7, 11) is -1.04. The van der Waals surface area contributed by atoms with Crippen LogP contribution in [0.25, 0.3) is 0 Å². The van der Waals surface area contributed by atoms with E-state index >= 15 is 0 Å². The molecule has 2 rings (SSSR count). The quantitative estimate of drug-likeness (QED) is 0.763. The maximum absolute atomic E-state index is 11.8. The molecule has 13 heavy (non-hydrogen) atoms. The molecule has 0 aliphatic carbocycles. The summed E-state index contributed by atoms with van der Waals surface area (Å²) in [6, 6.07) is 9.51. The minimum absolute atomic E-state index is 0.858. The summed E-state index contributed by atoms with van der Waals surface area (Å²) in [4.78, 5) is 0.858. The van der Waals surface area contributed by atoms with Crippen molar-refractivity contribution >= 4 is 11.0 Å². The highest BCUT2D eigenvalue weighted by atomic mass is 32.2. The van der Waals surface area contributed by atoms with E-state index in [1.54, 1.807) is 4.41 Å². The van der Waals surface area contributed by atoms with Crippen LogP contribution in [0.1, 0.15) is 6.42 Å². The molecular weight excluding hydrogens is 184 g/mol. The van der Waals surface area contributed by atoms with Crippen LogP contribution in [0.4, 0.5) is 0 Å². The Hall–Kier alpha value is -0.710. The average molecular weight is 196 g/mol. The molecule has 1 saturated heterocycles. The molecule has 70 valence electrons. The van der Waals surface area contributed by atoms with Crippen LogP contribution in [-0.2, 0) is 11.0 Å². The molecule has 1 fully saturated rings. The van der Waals surface area contributed by atoms with Crippen LogP contribution in [-0.4, -0.2) is 21.7 Å². The first-order chi connectivity index (χ1) is 6.38. The van der Waals surface area contributed by atoms with Gasteiger partial charge in [-0.15, -0.1) is 0 Å². The van der Waals surface area contributed by atoms with E-state index in [1.807, 2.05) is 30.3 Å². The van der Waals surface area contributed by atoms with Crippen LogP contribution in [0.2, 0.25) is 0 Å². The van der Waals surface area contributed by atoms with Crippen LogP contribution in [0.15, 0.2) is 35.2 Å². The topological polar surface area (TPSA) is 32.3 Å². The predicted molar refractivity (Wildman–Crippen MR) is 52.2 cm³/mol. The van der Waals surface area contributed by atoms with Crippen molar-refractivity contribution in [2.45, 2.75) is 11.3 Å². The molecule has 0 radical (unpaired) electrons. The van der Waals surface area contributed by atoms with Gasteiger partial charge in [0.25, 0.3) is 0 Å². The second kappa shape index (κ2) is 4.00. The summed E-state index contributed by atoms with van der Waals surface area (Å²) < 4.78 is 13.6. The summed E-state index contributed by atoms with van der Waals surface area (Å²) in [5.74, 6) is 0. The Morgan fingerprint density at radius 1 is 1.31 bits per heavy atom. The summed E-state index contributed by atoms with van der Waals surface area (Å²) in [6.07, 6.45) is 1.07. The van der Waals surface area contributed by atoms with Crippen molar-refractivity contribution in [3.63, 3.8) is 0 Å². The van der Waals surface area contributed by atoms with Crippen molar-refractivity contribution in [1.29, 1.82) is 0 Å². The first kappa shape index (κ1) is 8.87. The van der Waals surface area contributed by atoms with Crippen molar-refractivity contribution in [2.75, 3.05) is 13.1 Å². The van der Waals surface area contributed by atoms with Crippen LogP contribution in [0.5, 0.6) is 0 Å². The predicted octanol–water partition coefficient (Wildman–Crippen LogP) is 0.919. The molecule has 1 unspecified atom stereocenters. The van der Waals surface area contributed by atoms with Gasteiger partial charge in [-0.25, -0.2) is 9.63 Å². The molecule has 1 atom stereocenters. The van der Waals surface area contributed by atoms with E-state index in [4.69, 9.17) is 0 Å². The molecule has 3 nitrogen and oxygen atoms in total. The van der Waals surface area contributed by atoms with Crippen molar-refractivity contribution in [3.05, 3.63) is 30.3 Å². The normalized spacial score (nSPS) is 20.3. The van der Waals surface area contributed by atoms with E-state index < -0.39 is 11.0 Å². The zero-order valence-electron chi connectivity index (χ0n) is 7.27. The Morgan fingerprint density at radius 2 is 2.08 bits per heavy atom. The molecule has 1 aliphatic heterocycles. The number of hydrogen-bond acceptors (Lipinski definition) is 2. The lowest BCUT2D eigenvalue weighted by Crippen LogP contribution is -2.32. The fraction of sp³-hybridized carbons (Fsp3) is 0.333. The monoisotopic (exact) mass is 196 g/mol. The molecular formula is C9H12N2OS. The van der Waals surface area contributed by atoms with Crippen molar-refractivity contribution in [2.24, 2.45) is 0 Å². The molecule has 0 aromatic heterocycles. The van der Waals surface area contributed by atoms with Gasteiger partial charge >= 0.3 is 0 Å². The van der Waals surface area contributed by atoms with Gasteiger partial charge in [-0.05, 0) is 18.6 Å². The third-order valence-electron chi connectivity index (χ3n) is 1.97. The average Bonchev–Trinajstić information content (AvgIpc) is 2.71. The molecule has 0 saturated carbocycles. The first-order valence-corrected chi connectivity index (χ1v) is 5.46. The maximum atomic E-state index is 11.8. The Kier molecular flexibility index (Phi) is 2.73. The molecule has 1 heterocycles. The van der Waals surface area contributed by atoms with Gasteiger partial charge < -0.3 is 0 Å². The largest absolute Gasteiger partial charge is 0.243 e. The fourth-order valence-corrected chi connectivity index (χ4v) is 2.46. The summed E-state index contributed by atoms with van der Waals surface area (Å²) in [5, 5.41) is 0. The lowest BCUT2D eigenvalue weighted by atomic mass is 10.4. The van der Waals surface area contributed by atoms with Crippen LogP contribution >= 0.6 is 0 Å². The van der Waals surface area contributed by atoms with Gasteiger partial charge in [0.2, 0.25) is 0 Å². The Morgan fingerprint density at radius 3 is 2.69 bits per heavy atom. The number of nitrogens with one attached hydrogen (secondary N) is 1. The summed E-state index contributed by atoms with van der Waals surface area (Å²) in [6.45, 7) is 1.79. The molecule has 1 aromatic carbocycles. The van der Waals surface area contributed by atoms with Gasteiger partial charge in [0.1, 0.15) is 11.0 Å². The third-order valence-corrected chi connectivity index (χ3v) is 3.36. The maximum Gasteiger partial charge on any atom is 0.141 e. The van der Waals surface area contributed by atoms with Gasteiger partial charge in [-0.2, -0.15) is 4.41 Å². The van der Waals surface area contributed by atoms with Gasteiger partial charge in [0, 0.05) is 13.1 Å². The highest BCUT2D eigenvalue weighted by Gasteiger charge is 2.18. The van der Waals surface area contributed by atoms with Gasteiger partial charge in [-0.3, -0.25) is 0 Å². The number of nitrogens with zero attached hydrogens (tertiary/aromatic N) is 1. The van der Waals surface area contributed by atoms with E-state index in [-0.39, 0.29) is 0 Å². The standard InChI is InChI=1S/C9H12N2OS/c12-13(11-8-4-7-10-11)9-5-2-1-3-6-9/h1-3,5-6,10H,4,7-8H2. The zero-order chi connectivity index (χ0) is 9.10. The molecule has 0 amide bonds. The Balaban J connectivity index is 2.13. The number of hydrogen-bond donors (Lipinski definition) is 1. The van der Waals surface area contributed by atoms with Crippen LogP contribution < -0.4 is 5.43 Å². The van der Waals surface area contributed by atoms with Crippen LogP contribution in [0.3, 0.4) is 0 Å². The van der Waals surface area contributed by atoms with E-state index in [0.29, 0.717) is 0 Å². The lowest BCUT2D eigenvalue weighted by molar-refractivity contribution is 0.433.